The van der Waals surface area contributed by atoms with Gasteiger partial charge in [-0.3, -0.25) is 0 Å². The van der Waals surface area contributed by atoms with Crippen molar-refractivity contribution in [2.75, 3.05) is 33.0 Å². The summed E-state index contributed by atoms with van der Waals surface area (Å²) < 4.78 is 25.8. The van der Waals surface area contributed by atoms with E-state index in [-0.39, 0.29) is 11.7 Å². The highest BCUT2D eigenvalue weighted by Crippen LogP contribution is 2.70. The van der Waals surface area contributed by atoms with Gasteiger partial charge in [0.1, 0.15) is 6.61 Å². The standard InChI is InChI=1S/C25H39NO5/c1-3-31-26-21-16-17-18(23(2)9-5-4-6-20(21)23)7-10-24-19(17)8-11-25(24)29-14-12-27-22(24)28-13-15-30-25/h17-20,22H,3-16H2,1-2H3/b26-21+/t17-,18+,19+,20-,22?,23-,24+,25?/m1/s1. The van der Waals surface area contributed by atoms with E-state index in [1.165, 1.54) is 37.8 Å². The van der Waals surface area contributed by atoms with Crippen LogP contribution >= 0.6 is 0 Å². The molecule has 2 bridgehead atoms. The van der Waals surface area contributed by atoms with Crippen molar-refractivity contribution in [1.82, 2.24) is 0 Å². The van der Waals surface area contributed by atoms with Gasteiger partial charge in [0.25, 0.3) is 0 Å². The maximum Gasteiger partial charge on any atom is 0.179 e. The summed E-state index contributed by atoms with van der Waals surface area (Å²) in [5, 5.41) is 4.74. The monoisotopic (exact) mass is 433 g/mol. The first-order valence-corrected chi connectivity index (χ1v) is 12.8. The van der Waals surface area contributed by atoms with Crippen LogP contribution in [0.1, 0.15) is 71.6 Å². The second-order valence-corrected chi connectivity index (χ2v) is 11.0. The van der Waals surface area contributed by atoms with Gasteiger partial charge in [-0.15, -0.1) is 0 Å². The second kappa shape index (κ2) is 7.68. The van der Waals surface area contributed by atoms with Crippen molar-refractivity contribution in [1.29, 1.82) is 0 Å². The largest absolute Gasteiger partial charge is 0.396 e. The number of rotatable bonds is 2. The highest BCUT2D eigenvalue weighted by atomic mass is 16.8. The van der Waals surface area contributed by atoms with E-state index >= 15 is 0 Å². The fraction of sp³-hybridized carbons (Fsp3) is 0.960. The molecule has 6 nitrogen and oxygen atoms in total. The molecule has 2 heterocycles. The molecule has 6 atom stereocenters. The Morgan fingerprint density at radius 2 is 1.71 bits per heavy atom. The number of ether oxygens (including phenoxy) is 4. The lowest BCUT2D eigenvalue weighted by molar-refractivity contribution is -0.317. The Balaban J connectivity index is 1.42. The molecule has 6 rings (SSSR count). The molecule has 0 aromatic carbocycles. The first-order chi connectivity index (χ1) is 15.1. The van der Waals surface area contributed by atoms with Crippen LogP contribution < -0.4 is 0 Å². The van der Waals surface area contributed by atoms with Crippen LogP contribution in [-0.2, 0) is 23.8 Å². The van der Waals surface area contributed by atoms with Crippen molar-refractivity contribution >= 4 is 5.71 Å². The van der Waals surface area contributed by atoms with Gasteiger partial charge >= 0.3 is 0 Å². The molecule has 1 spiro atoms. The Morgan fingerprint density at radius 3 is 2.48 bits per heavy atom. The second-order valence-electron chi connectivity index (χ2n) is 11.0. The number of fused-ring (bicyclic) bond motifs is 4. The lowest BCUT2D eigenvalue weighted by atomic mass is 9.44. The lowest BCUT2D eigenvalue weighted by Gasteiger charge is -2.62. The summed E-state index contributed by atoms with van der Waals surface area (Å²) in [6.07, 6.45) is 10.5. The molecule has 31 heavy (non-hydrogen) atoms. The van der Waals surface area contributed by atoms with E-state index in [1.807, 2.05) is 6.92 Å². The predicted octanol–water partition coefficient (Wildman–Crippen LogP) is 4.52. The third-order valence-electron chi connectivity index (χ3n) is 10.1. The summed E-state index contributed by atoms with van der Waals surface area (Å²) in [6, 6.07) is 0. The maximum atomic E-state index is 6.55. The molecule has 0 radical (unpaired) electrons. The Kier molecular flexibility index (Phi) is 5.17. The molecule has 0 N–H and O–H groups in total. The SMILES string of the molecule is CCO/N=C1\C[C@@H]2[C@H](CC[C@]34C5OCCOC3(CC[C@@H]24)OCCO5)[C@@]2(C)CCCC[C@H]12. The molecular weight excluding hydrogens is 394 g/mol. The van der Waals surface area contributed by atoms with E-state index in [0.717, 1.165) is 31.6 Å². The highest BCUT2D eigenvalue weighted by Gasteiger charge is 2.73. The molecule has 2 saturated heterocycles. The van der Waals surface area contributed by atoms with Crippen LogP contribution in [0.3, 0.4) is 0 Å². The van der Waals surface area contributed by atoms with E-state index in [4.69, 9.17) is 28.9 Å². The van der Waals surface area contributed by atoms with Crippen molar-refractivity contribution < 1.29 is 23.8 Å². The van der Waals surface area contributed by atoms with Gasteiger partial charge in [-0.1, -0.05) is 24.9 Å². The molecule has 0 unspecified atom stereocenters. The van der Waals surface area contributed by atoms with Crippen molar-refractivity contribution in [2.24, 2.45) is 39.7 Å². The predicted molar refractivity (Wildman–Crippen MR) is 115 cm³/mol. The first-order valence-electron chi connectivity index (χ1n) is 12.8. The summed E-state index contributed by atoms with van der Waals surface area (Å²) in [6.45, 7) is 7.62. The van der Waals surface area contributed by atoms with E-state index < -0.39 is 5.79 Å². The zero-order chi connectivity index (χ0) is 21.1. The van der Waals surface area contributed by atoms with Crippen molar-refractivity contribution in [3.05, 3.63) is 0 Å². The molecule has 6 aliphatic rings. The Labute approximate surface area is 186 Å². The van der Waals surface area contributed by atoms with Crippen LogP contribution in [0.2, 0.25) is 0 Å². The summed E-state index contributed by atoms with van der Waals surface area (Å²) in [5.74, 6) is 1.83. The van der Waals surface area contributed by atoms with E-state index in [2.05, 4.69) is 6.92 Å². The molecule has 174 valence electrons. The number of oxime groups is 1. The molecule has 6 fully saturated rings. The van der Waals surface area contributed by atoms with E-state index in [9.17, 15) is 0 Å². The van der Waals surface area contributed by atoms with Crippen molar-refractivity contribution in [2.45, 2.75) is 83.7 Å². The third kappa shape index (κ3) is 2.80. The van der Waals surface area contributed by atoms with Gasteiger partial charge in [-0.2, -0.15) is 0 Å². The zero-order valence-corrected chi connectivity index (χ0v) is 19.3. The minimum atomic E-state index is -0.540. The van der Waals surface area contributed by atoms with Gasteiger partial charge in [-0.25, -0.2) is 0 Å². The van der Waals surface area contributed by atoms with Crippen LogP contribution in [0.25, 0.3) is 0 Å². The maximum absolute atomic E-state index is 6.55. The smallest absolute Gasteiger partial charge is 0.179 e. The van der Waals surface area contributed by atoms with Gasteiger partial charge in [0.2, 0.25) is 0 Å². The average molecular weight is 434 g/mol. The van der Waals surface area contributed by atoms with Crippen molar-refractivity contribution in [3.8, 4) is 0 Å². The molecule has 4 aliphatic carbocycles. The van der Waals surface area contributed by atoms with Gasteiger partial charge in [0, 0.05) is 12.3 Å². The molecule has 4 saturated carbocycles. The van der Waals surface area contributed by atoms with Gasteiger partial charge in [0.05, 0.1) is 37.6 Å². The van der Waals surface area contributed by atoms with Crippen LogP contribution in [0.15, 0.2) is 5.16 Å². The zero-order valence-electron chi connectivity index (χ0n) is 19.3. The number of hydrogen-bond donors (Lipinski definition) is 0. The number of nitrogens with zero attached hydrogens (tertiary/aromatic N) is 1. The average Bonchev–Trinajstić information content (AvgIpc) is 2.95. The number of hydrogen-bond acceptors (Lipinski definition) is 6. The first kappa shape index (κ1) is 20.9. The van der Waals surface area contributed by atoms with E-state index in [1.54, 1.807) is 0 Å². The summed E-state index contributed by atoms with van der Waals surface area (Å²) >= 11 is 0. The van der Waals surface area contributed by atoms with Gasteiger partial charge < -0.3 is 23.8 Å². The quantitative estimate of drug-likeness (QED) is 0.600. The van der Waals surface area contributed by atoms with Gasteiger partial charge in [-0.05, 0) is 68.6 Å². The van der Waals surface area contributed by atoms with Crippen LogP contribution in [0.5, 0.6) is 0 Å². The molecular formula is C25H39NO5. The third-order valence-corrected chi connectivity index (χ3v) is 10.1. The summed E-state index contributed by atoms with van der Waals surface area (Å²) in [5.41, 5.74) is 1.45. The molecule has 0 aromatic heterocycles. The van der Waals surface area contributed by atoms with Gasteiger partial charge in [0.15, 0.2) is 12.1 Å². The topological polar surface area (TPSA) is 58.5 Å². The Bertz CT molecular complexity index is 715. The fourth-order valence-electron chi connectivity index (χ4n) is 9.06. The Morgan fingerprint density at radius 1 is 0.935 bits per heavy atom. The van der Waals surface area contributed by atoms with Crippen molar-refractivity contribution in [3.63, 3.8) is 0 Å². The van der Waals surface area contributed by atoms with Crippen LogP contribution in [-0.4, -0.2) is 50.8 Å². The minimum Gasteiger partial charge on any atom is -0.396 e. The highest BCUT2D eigenvalue weighted by molar-refractivity contribution is 5.88. The Hall–Kier alpha value is -0.690. The molecule has 0 aromatic rings. The lowest BCUT2D eigenvalue weighted by Crippen LogP contribution is -2.63. The molecule has 0 amide bonds. The fourth-order valence-corrected chi connectivity index (χ4v) is 9.06. The molecule has 2 aliphatic heterocycles. The molecule has 6 heteroatoms. The minimum absolute atomic E-state index is 0.199. The summed E-state index contributed by atoms with van der Waals surface area (Å²) in [4.78, 5) is 5.67. The normalized spacial score (nSPS) is 52.8. The van der Waals surface area contributed by atoms with E-state index in [0.29, 0.717) is 56.2 Å². The van der Waals surface area contributed by atoms with Crippen LogP contribution in [0, 0.1) is 34.5 Å². The van der Waals surface area contributed by atoms with Crippen LogP contribution in [0.4, 0.5) is 0 Å². The summed E-state index contributed by atoms with van der Waals surface area (Å²) in [7, 11) is 0.